The van der Waals surface area contributed by atoms with Gasteiger partial charge >= 0.3 is 0 Å². The molecule has 140 valence electrons. The van der Waals surface area contributed by atoms with Gasteiger partial charge in [-0.15, -0.1) is 0 Å². The molecule has 0 radical (unpaired) electrons. The lowest BCUT2D eigenvalue weighted by molar-refractivity contribution is 0.102. The number of carbonyl (C=O) groups is 1. The molecule has 2 rings (SSSR count). The van der Waals surface area contributed by atoms with Gasteiger partial charge in [0.1, 0.15) is 0 Å². The Morgan fingerprint density at radius 3 is 2.62 bits per heavy atom. The summed E-state index contributed by atoms with van der Waals surface area (Å²) in [5.74, 6) is 1.35. The van der Waals surface area contributed by atoms with Gasteiger partial charge in [0.2, 0.25) is 0 Å². The van der Waals surface area contributed by atoms with Gasteiger partial charge in [-0.1, -0.05) is 39.0 Å². The molecular formula is C21H26BrNO3. The average molecular weight is 420 g/mol. The molecule has 0 aliphatic rings. The minimum absolute atomic E-state index is 0.179. The SMILES string of the molecule is CCCOc1c(Br)cc(C(=O)Nc2ccccc2C(C)CC)cc1OC. The van der Waals surface area contributed by atoms with Crippen LogP contribution in [0.4, 0.5) is 5.69 Å². The molecule has 5 heteroatoms. The fourth-order valence-corrected chi connectivity index (χ4v) is 3.21. The molecule has 0 saturated heterocycles. The van der Waals surface area contributed by atoms with E-state index in [4.69, 9.17) is 9.47 Å². The number of benzene rings is 2. The van der Waals surface area contributed by atoms with Crippen molar-refractivity contribution < 1.29 is 14.3 Å². The maximum absolute atomic E-state index is 12.8. The molecule has 0 saturated carbocycles. The Labute approximate surface area is 164 Å². The van der Waals surface area contributed by atoms with Gasteiger partial charge in [0.25, 0.3) is 5.91 Å². The van der Waals surface area contributed by atoms with E-state index in [9.17, 15) is 4.79 Å². The highest BCUT2D eigenvalue weighted by molar-refractivity contribution is 9.10. The van der Waals surface area contributed by atoms with Gasteiger partial charge in [0.05, 0.1) is 18.2 Å². The monoisotopic (exact) mass is 419 g/mol. The van der Waals surface area contributed by atoms with Crippen molar-refractivity contribution >= 4 is 27.5 Å². The van der Waals surface area contributed by atoms with Gasteiger partial charge in [0.15, 0.2) is 11.5 Å². The third-order valence-electron chi connectivity index (χ3n) is 4.29. The van der Waals surface area contributed by atoms with E-state index in [1.807, 2.05) is 25.1 Å². The van der Waals surface area contributed by atoms with E-state index in [1.165, 1.54) is 0 Å². The number of anilines is 1. The second-order valence-electron chi connectivity index (χ2n) is 6.19. The number of hydrogen-bond acceptors (Lipinski definition) is 3. The second-order valence-corrected chi connectivity index (χ2v) is 7.04. The molecule has 1 unspecified atom stereocenters. The number of ether oxygens (including phenoxy) is 2. The second kappa shape index (κ2) is 9.62. The van der Waals surface area contributed by atoms with Crippen LogP contribution in [0.5, 0.6) is 11.5 Å². The molecule has 0 fully saturated rings. The van der Waals surface area contributed by atoms with E-state index in [0.29, 0.717) is 34.1 Å². The highest BCUT2D eigenvalue weighted by atomic mass is 79.9. The fraction of sp³-hybridized carbons (Fsp3) is 0.381. The number of methoxy groups -OCH3 is 1. The van der Waals surface area contributed by atoms with E-state index in [2.05, 4.69) is 41.2 Å². The van der Waals surface area contributed by atoms with Crippen LogP contribution in [0.2, 0.25) is 0 Å². The van der Waals surface area contributed by atoms with Crippen LogP contribution in [-0.2, 0) is 0 Å². The van der Waals surface area contributed by atoms with E-state index in [1.54, 1.807) is 19.2 Å². The number of amides is 1. The van der Waals surface area contributed by atoms with Gasteiger partial charge in [-0.2, -0.15) is 0 Å². The van der Waals surface area contributed by atoms with Gasteiger partial charge < -0.3 is 14.8 Å². The lowest BCUT2D eigenvalue weighted by Gasteiger charge is -2.17. The van der Waals surface area contributed by atoms with Gasteiger partial charge in [-0.25, -0.2) is 0 Å². The minimum atomic E-state index is -0.179. The van der Waals surface area contributed by atoms with Crippen LogP contribution in [0, 0.1) is 0 Å². The predicted octanol–water partition coefficient (Wildman–Crippen LogP) is 6.01. The predicted molar refractivity (Wildman–Crippen MR) is 110 cm³/mol. The third kappa shape index (κ3) is 4.79. The van der Waals surface area contributed by atoms with Crippen LogP contribution in [0.15, 0.2) is 40.9 Å². The Morgan fingerprint density at radius 2 is 1.96 bits per heavy atom. The number of nitrogens with one attached hydrogen (secondary N) is 1. The Kier molecular flexibility index (Phi) is 7.51. The summed E-state index contributed by atoms with van der Waals surface area (Å²) in [5.41, 5.74) is 2.49. The zero-order valence-electron chi connectivity index (χ0n) is 15.8. The standard InChI is InChI=1S/C21H26BrNO3/c1-5-11-26-20-17(22)12-15(13-19(20)25-4)21(24)23-18-10-8-7-9-16(18)14(3)6-2/h7-10,12-14H,5-6,11H2,1-4H3,(H,23,24). The number of rotatable bonds is 8. The Hall–Kier alpha value is -2.01. The molecule has 2 aromatic rings. The molecule has 4 nitrogen and oxygen atoms in total. The first-order valence-corrected chi connectivity index (χ1v) is 9.71. The maximum atomic E-state index is 12.8. The van der Waals surface area contributed by atoms with Crippen molar-refractivity contribution in [3.05, 3.63) is 52.0 Å². The van der Waals surface area contributed by atoms with E-state index in [-0.39, 0.29) is 5.91 Å². The molecule has 2 aromatic carbocycles. The quantitative estimate of drug-likeness (QED) is 0.569. The first-order valence-electron chi connectivity index (χ1n) is 8.92. The van der Waals surface area contributed by atoms with Crippen LogP contribution < -0.4 is 14.8 Å². The Morgan fingerprint density at radius 1 is 1.23 bits per heavy atom. The summed E-state index contributed by atoms with van der Waals surface area (Å²) in [5, 5.41) is 3.03. The van der Waals surface area contributed by atoms with Crippen molar-refractivity contribution in [2.45, 2.75) is 39.5 Å². The zero-order valence-corrected chi connectivity index (χ0v) is 17.4. The first kappa shape index (κ1) is 20.3. The molecule has 0 bridgehead atoms. The van der Waals surface area contributed by atoms with Crippen molar-refractivity contribution in [1.29, 1.82) is 0 Å². The van der Waals surface area contributed by atoms with Crippen molar-refractivity contribution in [3.63, 3.8) is 0 Å². The zero-order chi connectivity index (χ0) is 19.1. The topological polar surface area (TPSA) is 47.6 Å². The maximum Gasteiger partial charge on any atom is 0.255 e. The normalized spacial score (nSPS) is 11.7. The highest BCUT2D eigenvalue weighted by Gasteiger charge is 2.17. The molecule has 0 aliphatic carbocycles. The summed E-state index contributed by atoms with van der Waals surface area (Å²) in [6, 6.07) is 11.4. The van der Waals surface area contributed by atoms with Crippen LogP contribution in [-0.4, -0.2) is 19.6 Å². The van der Waals surface area contributed by atoms with Crippen LogP contribution in [0.1, 0.15) is 55.5 Å². The van der Waals surface area contributed by atoms with Gasteiger partial charge in [-0.3, -0.25) is 4.79 Å². The number of para-hydroxylation sites is 1. The Bertz CT molecular complexity index is 761. The molecule has 1 N–H and O–H groups in total. The van der Waals surface area contributed by atoms with Crippen LogP contribution in [0.3, 0.4) is 0 Å². The molecule has 1 amide bonds. The number of halogens is 1. The average Bonchev–Trinajstić information content (AvgIpc) is 2.66. The van der Waals surface area contributed by atoms with Crippen molar-refractivity contribution in [1.82, 2.24) is 0 Å². The summed E-state index contributed by atoms with van der Waals surface area (Å²) in [6.07, 6.45) is 1.90. The van der Waals surface area contributed by atoms with Gasteiger partial charge in [0, 0.05) is 11.3 Å². The molecule has 0 aliphatic heterocycles. The number of hydrogen-bond donors (Lipinski definition) is 1. The summed E-state index contributed by atoms with van der Waals surface area (Å²) in [4.78, 5) is 12.8. The van der Waals surface area contributed by atoms with E-state index < -0.39 is 0 Å². The molecule has 1 atom stereocenters. The van der Waals surface area contributed by atoms with Crippen LogP contribution in [0.25, 0.3) is 0 Å². The molecule has 26 heavy (non-hydrogen) atoms. The minimum Gasteiger partial charge on any atom is -0.493 e. The summed E-state index contributed by atoms with van der Waals surface area (Å²) in [7, 11) is 1.57. The van der Waals surface area contributed by atoms with E-state index >= 15 is 0 Å². The molecule has 0 aromatic heterocycles. The fourth-order valence-electron chi connectivity index (χ4n) is 2.65. The van der Waals surface area contributed by atoms with Gasteiger partial charge in [-0.05, 0) is 58.5 Å². The molecule has 0 spiro atoms. The largest absolute Gasteiger partial charge is 0.493 e. The first-order chi connectivity index (χ1) is 12.5. The lowest BCUT2D eigenvalue weighted by Crippen LogP contribution is -2.14. The van der Waals surface area contributed by atoms with Crippen molar-refractivity contribution in [2.75, 3.05) is 19.0 Å². The highest BCUT2D eigenvalue weighted by Crippen LogP contribution is 2.37. The lowest BCUT2D eigenvalue weighted by atomic mass is 9.97. The summed E-state index contributed by atoms with van der Waals surface area (Å²) >= 11 is 3.49. The van der Waals surface area contributed by atoms with E-state index in [0.717, 1.165) is 24.1 Å². The van der Waals surface area contributed by atoms with Crippen molar-refractivity contribution in [3.8, 4) is 11.5 Å². The summed E-state index contributed by atoms with van der Waals surface area (Å²) < 4.78 is 11.8. The van der Waals surface area contributed by atoms with Crippen LogP contribution >= 0.6 is 15.9 Å². The Balaban J connectivity index is 2.29. The third-order valence-corrected chi connectivity index (χ3v) is 4.88. The van der Waals surface area contributed by atoms with Crippen molar-refractivity contribution in [2.24, 2.45) is 0 Å². The number of carbonyl (C=O) groups excluding carboxylic acids is 1. The molecular weight excluding hydrogens is 394 g/mol. The molecule has 0 heterocycles. The smallest absolute Gasteiger partial charge is 0.255 e. The summed E-state index contributed by atoms with van der Waals surface area (Å²) in [6.45, 7) is 6.92.